The van der Waals surface area contributed by atoms with Gasteiger partial charge in [-0.2, -0.15) is 0 Å². The second-order valence-electron chi connectivity index (χ2n) is 4.19. The van der Waals surface area contributed by atoms with Crippen molar-refractivity contribution in [3.05, 3.63) is 0 Å². The SMILES string of the molecule is CCN=C(N)N1C[C@@H](CC)CC[C@H]1C. The Morgan fingerprint density at radius 3 is 2.71 bits per heavy atom. The van der Waals surface area contributed by atoms with Crippen LogP contribution in [0.5, 0.6) is 0 Å². The molecular weight excluding hydrogens is 174 g/mol. The van der Waals surface area contributed by atoms with Gasteiger partial charge >= 0.3 is 0 Å². The van der Waals surface area contributed by atoms with Gasteiger partial charge in [-0.15, -0.1) is 0 Å². The first kappa shape index (κ1) is 11.3. The molecule has 1 aliphatic heterocycles. The molecule has 0 amide bonds. The van der Waals surface area contributed by atoms with Gasteiger partial charge in [-0.05, 0) is 32.6 Å². The zero-order valence-electron chi connectivity index (χ0n) is 9.66. The van der Waals surface area contributed by atoms with Crippen LogP contribution < -0.4 is 5.73 Å². The maximum Gasteiger partial charge on any atom is 0.191 e. The highest BCUT2D eigenvalue weighted by atomic mass is 15.3. The zero-order valence-corrected chi connectivity index (χ0v) is 9.66. The third-order valence-electron chi connectivity index (χ3n) is 3.17. The van der Waals surface area contributed by atoms with E-state index in [1.54, 1.807) is 0 Å². The molecule has 0 spiro atoms. The minimum absolute atomic E-state index is 0.563. The highest BCUT2D eigenvalue weighted by molar-refractivity contribution is 5.78. The third-order valence-corrected chi connectivity index (χ3v) is 3.17. The van der Waals surface area contributed by atoms with Crippen molar-refractivity contribution >= 4 is 5.96 Å². The van der Waals surface area contributed by atoms with E-state index in [0.717, 1.165) is 25.0 Å². The molecule has 0 bridgehead atoms. The Morgan fingerprint density at radius 2 is 2.14 bits per heavy atom. The van der Waals surface area contributed by atoms with Crippen molar-refractivity contribution < 1.29 is 0 Å². The van der Waals surface area contributed by atoms with Crippen molar-refractivity contribution in [2.75, 3.05) is 13.1 Å². The van der Waals surface area contributed by atoms with E-state index in [1.165, 1.54) is 19.3 Å². The first-order valence-corrected chi connectivity index (χ1v) is 5.75. The first-order valence-electron chi connectivity index (χ1n) is 5.75. The van der Waals surface area contributed by atoms with E-state index < -0.39 is 0 Å². The number of nitrogens with two attached hydrogens (primary N) is 1. The molecule has 82 valence electrons. The minimum Gasteiger partial charge on any atom is -0.370 e. The van der Waals surface area contributed by atoms with Gasteiger partial charge in [0.05, 0.1) is 0 Å². The van der Waals surface area contributed by atoms with E-state index in [4.69, 9.17) is 5.73 Å². The number of aliphatic imine (C=N–C) groups is 1. The van der Waals surface area contributed by atoms with E-state index in [2.05, 4.69) is 23.7 Å². The Bertz CT molecular complexity index is 201. The highest BCUT2D eigenvalue weighted by Gasteiger charge is 2.25. The van der Waals surface area contributed by atoms with Gasteiger partial charge in [-0.1, -0.05) is 13.3 Å². The molecule has 3 nitrogen and oxygen atoms in total. The molecule has 0 aromatic heterocycles. The Labute approximate surface area is 87.4 Å². The molecule has 14 heavy (non-hydrogen) atoms. The van der Waals surface area contributed by atoms with Crippen LogP contribution in [0.15, 0.2) is 4.99 Å². The largest absolute Gasteiger partial charge is 0.370 e. The van der Waals surface area contributed by atoms with Crippen LogP contribution in [-0.4, -0.2) is 30.0 Å². The smallest absolute Gasteiger partial charge is 0.191 e. The normalized spacial score (nSPS) is 29.4. The van der Waals surface area contributed by atoms with E-state index in [0.29, 0.717) is 6.04 Å². The van der Waals surface area contributed by atoms with Gasteiger partial charge in [-0.25, -0.2) is 0 Å². The van der Waals surface area contributed by atoms with E-state index in [1.807, 2.05) is 6.92 Å². The number of likely N-dealkylation sites (tertiary alicyclic amines) is 1. The van der Waals surface area contributed by atoms with Crippen molar-refractivity contribution in [1.29, 1.82) is 0 Å². The Balaban J connectivity index is 2.60. The fraction of sp³-hybridized carbons (Fsp3) is 0.909. The molecule has 0 aromatic rings. The topological polar surface area (TPSA) is 41.6 Å². The lowest BCUT2D eigenvalue weighted by Crippen LogP contribution is -2.48. The summed E-state index contributed by atoms with van der Waals surface area (Å²) < 4.78 is 0. The standard InChI is InChI=1S/C11H23N3/c1-4-10-7-6-9(3)14(8-10)11(12)13-5-2/h9-10H,4-8H2,1-3H3,(H2,12,13)/t9-,10+/m1/s1. The van der Waals surface area contributed by atoms with E-state index >= 15 is 0 Å². The van der Waals surface area contributed by atoms with Crippen LogP contribution in [0.1, 0.15) is 40.0 Å². The molecule has 1 saturated heterocycles. The first-order chi connectivity index (χ1) is 6.69. The summed E-state index contributed by atoms with van der Waals surface area (Å²) in [6, 6.07) is 0.563. The second-order valence-corrected chi connectivity index (χ2v) is 4.19. The van der Waals surface area contributed by atoms with Gasteiger partial charge in [0.1, 0.15) is 0 Å². The third kappa shape index (κ3) is 2.63. The number of piperidine rings is 1. The Morgan fingerprint density at radius 1 is 1.43 bits per heavy atom. The maximum absolute atomic E-state index is 5.94. The number of hydrogen-bond donors (Lipinski definition) is 1. The molecule has 1 fully saturated rings. The predicted octanol–water partition coefficient (Wildman–Crippen LogP) is 1.83. The van der Waals surface area contributed by atoms with Crippen molar-refractivity contribution in [2.45, 2.75) is 46.1 Å². The van der Waals surface area contributed by atoms with Gasteiger partial charge in [0.15, 0.2) is 5.96 Å². The molecule has 0 radical (unpaired) electrons. The molecular formula is C11H23N3. The summed E-state index contributed by atoms with van der Waals surface area (Å²) in [5, 5.41) is 0. The number of nitrogens with zero attached hydrogens (tertiary/aromatic N) is 2. The van der Waals surface area contributed by atoms with Crippen molar-refractivity contribution in [3.63, 3.8) is 0 Å². The van der Waals surface area contributed by atoms with Crippen LogP contribution in [0.3, 0.4) is 0 Å². The van der Waals surface area contributed by atoms with Crippen LogP contribution in [-0.2, 0) is 0 Å². The Kier molecular flexibility index (Phi) is 4.23. The molecule has 2 atom stereocenters. The van der Waals surface area contributed by atoms with E-state index in [-0.39, 0.29) is 0 Å². The van der Waals surface area contributed by atoms with Crippen LogP contribution in [0.25, 0.3) is 0 Å². The average molecular weight is 197 g/mol. The maximum atomic E-state index is 5.94. The molecule has 0 unspecified atom stereocenters. The fourth-order valence-electron chi connectivity index (χ4n) is 2.09. The summed E-state index contributed by atoms with van der Waals surface area (Å²) in [5.41, 5.74) is 5.94. The summed E-state index contributed by atoms with van der Waals surface area (Å²) in [6.45, 7) is 8.40. The molecule has 0 saturated carbocycles. The van der Waals surface area contributed by atoms with Gasteiger partial charge in [0.25, 0.3) is 0 Å². The van der Waals surface area contributed by atoms with Crippen molar-refractivity contribution in [2.24, 2.45) is 16.6 Å². The summed E-state index contributed by atoms with van der Waals surface area (Å²) >= 11 is 0. The lowest BCUT2D eigenvalue weighted by atomic mass is 9.92. The quantitative estimate of drug-likeness (QED) is 0.542. The van der Waals surface area contributed by atoms with Gasteiger partial charge < -0.3 is 10.6 Å². The van der Waals surface area contributed by atoms with Gasteiger partial charge in [0.2, 0.25) is 0 Å². The summed E-state index contributed by atoms with van der Waals surface area (Å²) in [5.74, 6) is 1.54. The molecule has 0 aliphatic carbocycles. The molecule has 1 aliphatic rings. The van der Waals surface area contributed by atoms with Crippen LogP contribution in [0, 0.1) is 5.92 Å². The van der Waals surface area contributed by atoms with Gasteiger partial charge in [0, 0.05) is 19.1 Å². The van der Waals surface area contributed by atoms with E-state index in [9.17, 15) is 0 Å². The lowest BCUT2D eigenvalue weighted by molar-refractivity contribution is 0.191. The van der Waals surface area contributed by atoms with Gasteiger partial charge in [-0.3, -0.25) is 4.99 Å². The highest BCUT2D eigenvalue weighted by Crippen LogP contribution is 2.23. The van der Waals surface area contributed by atoms with Crippen molar-refractivity contribution in [3.8, 4) is 0 Å². The molecule has 1 heterocycles. The summed E-state index contributed by atoms with van der Waals surface area (Å²) in [7, 11) is 0. The molecule has 0 aromatic carbocycles. The molecule has 1 rings (SSSR count). The van der Waals surface area contributed by atoms with Crippen molar-refractivity contribution in [1.82, 2.24) is 4.90 Å². The Hall–Kier alpha value is -0.730. The monoisotopic (exact) mass is 197 g/mol. The number of guanidine groups is 1. The predicted molar refractivity (Wildman–Crippen MR) is 61.3 cm³/mol. The number of hydrogen-bond acceptors (Lipinski definition) is 1. The summed E-state index contributed by atoms with van der Waals surface area (Å²) in [6.07, 6.45) is 3.84. The fourth-order valence-corrected chi connectivity index (χ4v) is 2.09. The summed E-state index contributed by atoms with van der Waals surface area (Å²) in [4.78, 5) is 6.55. The van der Waals surface area contributed by atoms with Crippen LogP contribution >= 0.6 is 0 Å². The number of rotatable bonds is 2. The average Bonchev–Trinajstić information content (AvgIpc) is 2.19. The van der Waals surface area contributed by atoms with Crippen LogP contribution in [0.4, 0.5) is 0 Å². The second kappa shape index (κ2) is 5.23. The zero-order chi connectivity index (χ0) is 10.6. The van der Waals surface area contributed by atoms with Crippen LogP contribution in [0.2, 0.25) is 0 Å². The lowest BCUT2D eigenvalue weighted by Gasteiger charge is -2.38. The molecule has 3 heteroatoms. The molecule has 2 N–H and O–H groups in total. The minimum atomic E-state index is 0.563.